The van der Waals surface area contributed by atoms with Gasteiger partial charge >= 0.3 is 6.03 Å². The van der Waals surface area contributed by atoms with Gasteiger partial charge in [-0.25, -0.2) is 10.3 Å². The van der Waals surface area contributed by atoms with Crippen molar-refractivity contribution in [3.8, 4) is 10.4 Å². The number of urea groups is 1. The molecule has 4 rings (SSSR count). The lowest BCUT2D eigenvalue weighted by molar-refractivity contribution is 0.0565. The number of nitrogens with zero attached hydrogens (tertiary/aromatic N) is 2. The zero-order valence-electron chi connectivity index (χ0n) is 22.7. The summed E-state index contributed by atoms with van der Waals surface area (Å²) >= 11 is 3.35. The van der Waals surface area contributed by atoms with Gasteiger partial charge in [-0.1, -0.05) is 6.07 Å². The van der Waals surface area contributed by atoms with Crippen molar-refractivity contribution in [2.75, 3.05) is 26.7 Å². The first-order chi connectivity index (χ1) is 18.4. The van der Waals surface area contributed by atoms with Crippen LogP contribution in [0.25, 0.3) is 10.4 Å². The number of rotatable bonds is 10. The Morgan fingerprint density at radius 3 is 2.50 bits per heavy atom. The Balaban J connectivity index is 1.26. The molecule has 1 atom stereocenters. The van der Waals surface area contributed by atoms with Crippen LogP contribution in [0.15, 0.2) is 46.5 Å². The fourth-order valence-electron chi connectivity index (χ4n) is 5.30. The first-order valence-electron chi connectivity index (χ1n) is 13.2. The van der Waals surface area contributed by atoms with Crippen molar-refractivity contribution in [3.05, 3.63) is 68.7 Å². The molecule has 9 heteroatoms. The minimum atomic E-state index is -0.193. The highest BCUT2D eigenvalue weighted by Gasteiger charge is 2.30. The van der Waals surface area contributed by atoms with Crippen LogP contribution in [0.3, 0.4) is 0 Å². The van der Waals surface area contributed by atoms with E-state index in [1.54, 1.807) is 22.7 Å². The molecule has 1 aromatic carbocycles. The van der Waals surface area contributed by atoms with Gasteiger partial charge in [0.2, 0.25) is 0 Å². The van der Waals surface area contributed by atoms with E-state index in [2.05, 4.69) is 57.6 Å². The van der Waals surface area contributed by atoms with Gasteiger partial charge in [-0.05, 0) is 103 Å². The van der Waals surface area contributed by atoms with Crippen LogP contribution in [0.2, 0.25) is 0 Å². The molecule has 1 aliphatic heterocycles. The van der Waals surface area contributed by atoms with Gasteiger partial charge in [-0.3, -0.25) is 9.63 Å². The third-order valence-corrected chi connectivity index (χ3v) is 9.01. The number of thiophene rings is 2. The van der Waals surface area contributed by atoms with Gasteiger partial charge in [0.1, 0.15) is 0 Å². The Labute approximate surface area is 233 Å². The van der Waals surface area contributed by atoms with Crippen LogP contribution in [0.4, 0.5) is 4.79 Å². The lowest BCUT2D eigenvalue weighted by atomic mass is 9.98. The maximum absolute atomic E-state index is 13.0. The first kappa shape index (κ1) is 28.3. The van der Waals surface area contributed by atoms with E-state index in [1.807, 2.05) is 30.2 Å². The number of aryl methyl sites for hydroxylation is 2. The third kappa shape index (κ3) is 7.02. The van der Waals surface area contributed by atoms with Gasteiger partial charge in [0.05, 0.1) is 7.11 Å². The summed E-state index contributed by atoms with van der Waals surface area (Å²) in [7, 11) is 1.46. The predicted molar refractivity (Wildman–Crippen MR) is 156 cm³/mol. The summed E-state index contributed by atoms with van der Waals surface area (Å²) in [6.07, 6.45) is 2.70. The van der Waals surface area contributed by atoms with Crippen LogP contribution >= 0.6 is 22.7 Å². The van der Waals surface area contributed by atoms with Crippen LogP contribution in [-0.2, 0) is 11.4 Å². The molecule has 204 valence electrons. The van der Waals surface area contributed by atoms with Crippen molar-refractivity contribution in [3.63, 3.8) is 0 Å². The lowest BCUT2D eigenvalue weighted by Gasteiger charge is -2.40. The van der Waals surface area contributed by atoms with Crippen LogP contribution in [-0.4, -0.2) is 60.6 Å². The van der Waals surface area contributed by atoms with Crippen molar-refractivity contribution in [1.29, 1.82) is 0 Å². The average molecular weight is 555 g/mol. The van der Waals surface area contributed by atoms with Gasteiger partial charge in [0.15, 0.2) is 0 Å². The molecule has 0 spiro atoms. The molecule has 3 heterocycles. The molecule has 0 radical (unpaired) electrons. The molecule has 7 nitrogen and oxygen atoms in total. The van der Waals surface area contributed by atoms with Gasteiger partial charge in [-0.15, -0.1) is 11.3 Å². The maximum Gasteiger partial charge on any atom is 0.341 e. The highest BCUT2D eigenvalue weighted by atomic mass is 32.1. The molecule has 2 N–H and O–H groups in total. The number of carbonyl (C=O) groups excluding carboxylic acids is 2. The number of amides is 3. The number of benzene rings is 1. The van der Waals surface area contributed by atoms with Gasteiger partial charge in [-0.2, -0.15) is 11.3 Å². The summed E-state index contributed by atoms with van der Waals surface area (Å²) in [6.45, 7) is 9.30. The van der Waals surface area contributed by atoms with Crippen molar-refractivity contribution in [2.45, 2.75) is 58.7 Å². The molecule has 1 saturated heterocycles. The Morgan fingerprint density at radius 1 is 1.16 bits per heavy atom. The lowest BCUT2D eigenvalue weighted by Crippen LogP contribution is -2.51. The zero-order valence-corrected chi connectivity index (χ0v) is 24.3. The maximum atomic E-state index is 13.0. The van der Waals surface area contributed by atoms with Gasteiger partial charge in [0.25, 0.3) is 5.91 Å². The summed E-state index contributed by atoms with van der Waals surface area (Å²) in [5.41, 5.74) is 7.59. The van der Waals surface area contributed by atoms with Crippen molar-refractivity contribution in [2.24, 2.45) is 0 Å². The molecule has 0 saturated carbocycles. The Kier molecular flexibility index (Phi) is 9.96. The smallest absolute Gasteiger partial charge is 0.341 e. The average Bonchev–Trinajstić information content (AvgIpc) is 3.62. The van der Waals surface area contributed by atoms with Gasteiger partial charge in [0, 0.05) is 48.7 Å². The monoisotopic (exact) mass is 554 g/mol. The number of hydrogen-bond acceptors (Lipinski definition) is 6. The number of piperidine rings is 1. The van der Waals surface area contributed by atoms with E-state index < -0.39 is 0 Å². The van der Waals surface area contributed by atoms with Crippen molar-refractivity contribution >= 4 is 34.6 Å². The van der Waals surface area contributed by atoms with Crippen LogP contribution in [0, 0.1) is 13.8 Å². The topological polar surface area (TPSA) is 73.9 Å². The fraction of sp³-hybridized carbons (Fsp3) is 0.448. The molecule has 0 bridgehead atoms. The molecule has 0 aliphatic carbocycles. The van der Waals surface area contributed by atoms with E-state index >= 15 is 0 Å². The van der Waals surface area contributed by atoms with Gasteiger partial charge < -0.3 is 15.1 Å². The van der Waals surface area contributed by atoms with E-state index in [9.17, 15) is 9.59 Å². The standard InChI is InChI=1S/C29H38N4O3S2/c1-20-16-24(26-6-5-14-38-26)17-21(2)27(20)28(34)30-11-7-22(3)32-12-8-25(9-13-32)33(29(35)31-36-4)18-23-10-15-37-19-23/h5-6,10,14-17,19,22,25H,7-9,11-13,18H2,1-4H3,(H,30,34)(H,31,35). The summed E-state index contributed by atoms with van der Waals surface area (Å²) in [5.74, 6) is -0.00290. The molecule has 38 heavy (non-hydrogen) atoms. The largest absolute Gasteiger partial charge is 0.352 e. The molecule has 3 aromatic rings. The second kappa shape index (κ2) is 13.4. The number of nitrogens with one attached hydrogen (secondary N) is 2. The quantitative estimate of drug-likeness (QED) is 0.309. The molecule has 1 aliphatic rings. The number of hydroxylamine groups is 1. The van der Waals surface area contributed by atoms with Crippen molar-refractivity contribution < 1.29 is 14.4 Å². The normalized spacial score (nSPS) is 15.3. The summed E-state index contributed by atoms with van der Waals surface area (Å²) < 4.78 is 0. The first-order valence-corrected chi connectivity index (χ1v) is 15.0. The molecule has 1 fully saturated rings. The van der Waals surface area contributed by atoms with E-state index in [1.165, 1.54) is 12.0 Å². The molecule has 2 aromatic heterocycles. The molecular weight excluding hydrogens is 516 g/mol. The van der Waals surface area contributed by atoms with Crippen molar-refractivity contribution in [1.82, 2.24) is 20.6 Å². The van der Waals surface area contributed by atoms with Crippen LogP contribution < -0.4 is 10.8 Å². The van der Waals surface area contributed by atoms with E-state index in [-0.39, 0.29) is 18.0 Å². The predicted octanol–water partition coefficient (Wildman–Crippen LogP) is 5.84. The SMILES string of the molecule is CONC(=O)N(Cc1ccsc1)C1CCN(C(C)CCNC(=O)c2c(C)cc(-c3cccs3)cc2C)CC1. The summed E-state index contributed by atoms with van der Waals surface area (Å²) in [5, 5.41) is 9.34. The van der Waals surface area contributed by atoms with E-state index in [4.69, 9.17) is 4.84 Å². The highest BCUT2D eigenvalue weighted by Crippen LogP contribution is 2.29. The van der Waals surface area contributed by atoms with Crippen LogP contribution in [0.1, 0.15) is 53.2 Å². The second-order valence-corrected chi connectivity index (χ2v) is 11.7. The minimum Gasteiger partial charge on any atom is -0.352 e. The number of hydrogen-bond donors (Lipinski definition) is 2. The molecule has 1 unspecified atom stereocenters. The highest BCUT2D eigenvalue weighted by molar-refractivity contribution is 7.13. The Bertz CT molecular complexity index is 1170. The van der Waals surface area contributed by atoms with Crippen LogP contribution in [0.5, 0.6) is 0 Å². The molecule has 3 amide bonds. The zero-order chi connectivity index (χ0) is 27.1. The number of carbonyl (C=O) groups is 2. The Hall–Kier alpha value is -2.72. The number of likely N-dealkylation sites (tertiary alicyclic amines) is 1. The molecular formula is C29H38N4O3S2. The fourth-order valence-corrected chi connectivity index (χ4v) is 6.68. The third-order valence-electron chi connectivity index (χ3n) is 7.36. The minimum absolute atomic E-state index is 0.00290. The van der Waals surface area contributed by atoms with E-state index in [0.29, 0.717) is 19.1 Å². The summed E-state index contributed by atoms with van der Waals surface area (Å²) in [4.78, 5) is 36.2. The second-order valence-electron chi connectivity index (χ2n) is 9.99. The van der Waals surface area contributed by atoms with E-state index in [0.717, 1.165) is 60.2 Å². The summed E-state index contributed by atoms with van der Waals surface area (Å²) in [6, 6.07) is 10.7. The Morgan fingerprint density at radius 2 is 1.89 bits per heavy atom.